The van der Waals surface area contributed by atoms with Gasteiger partial charge in [0.15, 0.2) is 0 Å². The summed E-state index contributed by atoms with van der Waals surface area (Å²) in [6, 6.07) is 5.85. The van der Waals surface area contributed by atoms with E-state index in [4.69, 9.17) is 9.47 Å². The Morgan fingerprint density at radius 1 is 1.16 bits per heavy atom. The summed E-state index contributed by atoms with van der Waals surface area (Å²) in [5.74, 6) is 2.52. The lowest BCUT2D eigenvalue weighted by molar-refractivity contribution is 0.393. The van der Waals surface area contributed by atoms with Crippen LogP contribution in [0.4, 0.5) is 0 Å². The minimum atomic E-state index is 0.733. The average Bonchev–Trinajstić information content (AvgIpc) is 2.40. The van der Waals surface area contributed by atoms with E-state index < -0.39 is 0 Å². The molecule has 2 nitrogen and oxygen atoms in total. The normalized spacial score (nSPS) is 19.7. The molecule has 0 aromatic heterocycles. The predicted molar refractivity (Wildman–Crippen MR) is 77.5 cm³/mol. The van der Waals surface area contributed by atoms with Crippen molar-refractivity contribution in [3.8, 4) is 11.5 Å². The van der Waals surface area contributed by atoms with Gasteiger partial charge in [-0.25, -0.2) is 0 Å². The minimum Gasteiger partial charge on any atom is -0.496 e. The fourth-order valence-electron chi connectivity index (χ4n) is 1.78. The van der Waals surface area contributed by atoms with Crippen LogP contribution in [0.3, 0.4) is 0 Å². The lowest BCUT2D eigenvalue weighted by Crippen LogP contribution is -1.96. The standard InChI is InChI=1S/C17H18O2/c1-13-6-4-5-7-15(10-8-13)19-16-11-9-14(2)17(12-16)18-3/h5-6,8-12H,7H2,1-3H3/b13-8-,15-10+. The molecule has 0 fully saturated rings. The van der Waals surface area contributed by atoms with E-state index in [1.807, 2.05) is 56.4 Å². The Morgan fingerprint density at radius 2 is 2.00 bits per heavy atom. The van der Waals surface area contributed by atoms with Crippen LogP contribution in [0.25, 0.3) is 0 Å². The van der Waals surface area contributed by atoms with Gasteiger partial charge in [0.25, 0.3) is 0 Å². The van der Waals surface area contributed by atoms with Crippen LogP contribution in [-0.4, -0.2) is 7.11 Å². The molecule has 0 N–H and O–H groups in total. The number of hydrogen-bond acceptors (Lipinski definition) is 2. The molecule has 2 rings (SSSR count). The Morgan fingerprint density at radius 3 is 2.79 bits per heavy atom. The molecule has 0 bridgehead atoms. The Labute approximate surface area is 114 Å². The van der Waals surface area contributed by atoms with Gasteiger partial charge in [0, 0.05) is 12.5 Å². The Hall–Kier alpha value is -2.18. The highest BCUT2D eigenvalue weighted by molar-refractivity contribution is 5.40. The van der Waals surface area contributed by atoms with Crippen LogP contribution in [-0.2, 0) is 0 Å². The van der Waals surface area contributed by atoms with Crippen LogP contribution >= 0.6 is 0 Å². The van der Waals surface area contributed by atoms with Crippen LogP contribution < -0.4 is 9.47 Å². The third-order valence-electron chi connectivity index (χ3n) is 2.89. The second-order valence-corrected chi connectivity index (χ2v) is 4.50. The summed E-state index contributed by atoms with van der Waals surface area (Å²) >= 11 is 0. The molecule has 0 atom stereocenters. The molecule has 19 heavy (non-hydrogen) atoms. The maximum Gasteiger partial charge on any atom is 0.130 e. The SMILES string of the molecule is COc1cc(O/C2=C/C=C(/C)C=C=CC2)ccc1C. The van der Waals surface area contributed by atoms with Gasteiger partial charge in [0.1, 0.15) is 17.3 Å². The maximum atomic E-state index is 5.89. The van der Waals surface area contributed by atoms with Crippen molar-refractivity contribution in [2.75, 3.05) is 7.11 Å². The topological polar surface area (TPSA) is 18.5 Å². The van der Waals surface area contributed by atoms with Gasteiger partial charge >= 0.3 is 0 Å². The van der Waals surface area contributed by atoms with Crippen molar-refractivity contribution in [1.29, 1.82) is 0 Å². The van der Waals surface area contributed by atoms with Crippen LogP contribution in [0.15, 0.2) is 59.6 Å². The number of hydrogen-bond donors (Lipinski definition) is 0. The molecule has 0 spiro atoms. The van der Waals surface area contributed by atoms with Crippen molar-refractivity contribution in [2.45, 2.75) is 20.3 Å². The highest BCUT2D eigenvalue weighted by atomic mass is 16.5. The molecule has 0 saturated heterocycles. The summed E-state index contributed by atoms with van der Waals surface area (Å²) in [5.41, 5.74) is 5.37. The molecule has 0 aliphatic heterocycles. The van der Waals surface area contributed by atoms with Gasteiger partial charge in [-0.3, -0.25) is 0 Å². The van der Waals surface area contributed by atoms with Gasteiger partial charge in [-0.1, -0.05) is 12.1 Å². The van der Waals surface area contributed by atoms with Crippen LogP contribution in [0, 0.1) is 6.92 Å². The first-order valence-corrected chi connectivity index (χ1v) is 6.30. The molecule has 1 aliphatic rings. The highest BCUT2D eigenvalue weighted by Crippen LogP contribution is 2.26. The number of benzene rings is 1. The smallest absolute Gasteiger partial charge is 0.130 e. The lowest BCUT2D eigenvalue weighted by Gasteiger charge is -2.11. The molecule has 1 aliphatic carbocycles. The van der Waals surface area contributed by atoms with Crippen molar-refractivity contribution in [3.05, 3.63) is 65.1 Å². The molecule has 0 heterocycles. The van der Waals surface area contributed by atoms with E-state index in [0.29, 0.717) is 0 Å². The zero-order valence-corrected chi connectivity index (χ0v) is 11.6. The Balaban J connectivity index is 2.19. The van der Waals surface area contributed by atoms with E-state index in [9.17, 15) is 0 Å². The summed E-state index contributed by atoms with van der Waals surface area (Å²) in [6.45, 7) is 4.05. The maximum absolute atomic E-state index is 5.89. The highest BCUT2D eigenvalue weighted by Gasteiger charge is 2.04. The van der Waals surface area contributed by atoms with Crippen LogP contribution in [0.1, 0.15) is 18.9 Å². The number of allylic oxidation sites excluding steroid dienone is 4. The van der Waals surface area contributed by atoms with Gasteiger partial charge < -0.3 is 9.47 Å². The first-order chi connectivity index (χ1) is 9.19. The van der Waals surface area contributed by atoms with Gasteiger partial charge in [-0.15, -0.1) is 5.73 Å². The van der Waals surface area contributed by atoms with Crippen LogP contribution in [0.2, 0.25) is 0 Å². The van der Waals surface area contributed by atoms with Crippen molar-refractivity contribution in [3.63, 3.8) is 0 Å². The van der Waals surface area contributed by atoms with E-state index in [1.165, 1.54) is 0 Å². The van der Waals surface area contributed by atoms with Gasteiger partial charge in [0.05, 0.1) is 7.11 Å². The number of methoxy groups -OCH3 is 1. The molecule has 1 aromatic carbocycles. The summed E-state index contributed by atoms with van der Waals surface area (Å²) in [5, 5.41) is 0. The number of aryl methyl sites for hydroxylation is 1. The fraction of sp³-hybridized carbons (Fsp3) is 0.235. The molecule has 2 heteroatoms. The predicted octanol–water partition coefficient (Wildman–Crippen LogP) is 4.33. The van der Waals surface area contributed by atoms with E-state index in [0.717, 1.165) is 34.8 Å². The first-order valence-electron chi connectivity index (χ1n) is 6.30. The molecule has 0 radical (unpaired) electrons. The second kappa shape index (κ2) is 6.12. The van der Waals surface area contributed by atoms with Gasteiger partial charge in [0.2, 0.25) is 0 Å². The van der Waals surface area contributed by atoms with Crippen molar-refractivity contribution in [1.82, 2.24) is 0 Å². The van der Waals surface area contributed by atoms with E-state index in [2.05, 4.69) is 5.73 Å². The lowest BCUT2D eigenvalue weighted by atomic mass is 10.2. The van der Waals surface area contributed by atoms with E-state index in [1.54, 1.807) is 7.11 Å². The summed E-state index contributed by atoms with van der Waals surface area (Å²) in [7, 11) is 1.67. The molecular weight excluding hydrogens is 236 g/mol. The summed E-state index contributed by atoms with van der Waals surface area (Å²) in [6.07, 6.45) is 8.68. The minimum absolute atomic E-state index is 0.733. The monoisotopic (exact) mass is 254 g/mol. The molecule has 0 amide bonds. The zero-order valence-electron chi connectivity index (χ0n) is 11.6. The van der Waals surface area contributed by atoms with Crippen molar-refractivity contribution >= 4 is 0 Å². The Bertz CT molecular complexity index is 585. The molecule has 0 unspecified atom stereocenters. The van der Waals surface area contributed by atoms with Crippen LogP contribution in [0.5, 0.6) is 11.5 Å². The van der Waals surface area contributed by atoms with Gasteiger partial charge in [-0.05, 0) is 49.3 Å². The molecule has 0 saturated carbocycles. The van der Waals surface area contributed by atoms with Gasteiger partial charge in [-0.2, -0.15) is 0 Å². The third-order valence-corrected chi connectivity index (χ3v) is 2.89. The number of rotatable bonds is 3. The van der Waals surface area contributed by atoms with Crippen molar-refractivity contribution in [2.24, 2.45) is 0 Å². The average molecular weight is 254 g/mol. The molecular formula is C17H18O2. The third kappa shape index (κ3) is 3.64. The summed E-state index contributed by atoms with van der Waals surface area (Å²) in [4.78, 5) is 0. The largest absolute Gasteiger partial charge is 0.496 e. The first kappa shape index (κ1) is 13.3. The zero-order chi connectivity index (χ0) is 13.7. The summed E-state index contributed by atoms with van der Waals surface area (Å²) < 4.78 is 11.2. The molecule has 98 valence electrons. The van der Waals surface area contributed by atoms with E-state index >= 15 is 0 Å². The molecule has 1 aromatic rings. The second-order valence-electron chi connectivity index (χ2n) is 4.50. The Kier molecular flexibility index (Phi) is 4.27. The van der Waals surface area contributed by atoms with Crippen molar-refractivity contribution < 1.29 is 9.47 Å². The quantitative estimate of drug-likeness (QED) is 0.747. The van der Waals surface area contributed by atoms with E-state index in [-0.39, 0.29) is 0 Å². The number of ether oxygens (including phenoxy) is 2. The fourth-order valence-corrected chi connectivity index (χ4v) is 1.78.